The van der Waals surface area contributed by atoms with Gasteiger partial charge < -0.3 is 14.8 Å². The van der Waals surface area contributed by atoms with Gasteiger partial charge in [-0.2, -0.15) is 5.26 Å². The molecule has 1 heterocycles. The summed E-state index contributed by atoms with van der Waals surface area (Å²) in [6.45, 7) is 3.80. The number of aromatic nitrogens is 1. The summed E-state index contributed by atoms with van der Waals surface area (Å²) < 4.78 is 10.9. The molecule has 1 atom stereocenters. The highest BCUT2D eigenvalue weighted by Gasteiger charge is 2.22. The molecule has 0 unspecified atom stereocenters. The van der Waals surface area contributed by atoms with E-state index in [1.807, 2.05) is 49.4 Å². The molecule has 1 aromatic heterocycles. The smallest absolute Gasteiger partial charge is 0.237 e. The third-order valence-electron chi connectivity index (χ3n) is 5.89. The Morgan fingerprint density at radius 2 is 1.71 bits per heavy atom. The van der Waals surface area contributed by atoms with Crippen molar-refractivity contribution >= 4 is 35.0 Å². The number of aryl methyl sites for hydroxylation is 1. The number of amides is 1. The average Bonchev–Trinajstić information content (AvgIpc) is 2.92. The van der Waals surface area contributed by atoms with Crippen LogP contribution < -0.4 is 14.8 Å². The van der Waals surface area contributed by atoms with E-state index in [1.165, 1.54) is 11.8 Å². The van der Waals surface area contributed by atoms with E-state index in [4.69, 9.17) is 26.1 Å². The van der Waals surface area contributed by atoms with Gasteiger partial charge in [-0.1, -0.05) is 65.3 Å². The van der Waals surface area contributed by atoms with Crippen LogP contribution >= 0.6 is 23.4 Å². The molecule has 192 valence electrons. The Morgan fingerprint density at radius 1 is 1.00 bits per heavy atom. The summed E-state index contributed by atoms with van der Waals surface area (Å²) in [7, 11) is 3.14. The zero-order chi connectivity index (χ0) is 27.2. The van der Waals surface area contributed by atoms with Crippen molar-refractivity contribution in [2.24, 2.45) is 0 Å². The van der Waals surface area contributed by atoms with Crippen LogP contribution in [0.1, 0.15) is 18.1 Å². The topological polar surface area (TPSA) is 84.2 Å². The highest BCUT2D eigenvalue weighted by atomic mass is 35.5. The number of methoxy groups -OCH3 is 2. The van der Waals surface area contributed by atoms with E-state index in [-0.39, 0.29) is 5.91 Å². The Labute approximate surface area is 231 Å². The second-order valence-corrected chi connectivity index (χ2v) is 10.3. The molecule has 0 bridgehead atoms. The number of pyridine rings is 1. The van der Waals surface area contributed by atoms with Crippen LogP contribution in [0.15, 0.2) is 77.8 Å². The van der Waals surface area contributed by atoms with Gasteiger partial charge in [0.05, 0.1) is 30.7 Å². The minimum absolute atomic E-state index is 0.226. The molecule has 0 fully saturated rings. The Kier molecular flexibility index (Phi) is 8.57. The molecule has 38 heavy (non-hydrogen) atoms. The van der Waals surface area contributed by atoms with E-state index in [2.05, 4.69) is 11.4 Å². The van der Waals surface area contributed by atoms with Crippen molar-refractivity contribution in [1.29, 1.82) is 5.26 Å². The lowest BCUT2D eigenvalue weighted by Crippen LogP contribution is -2.22. The number of carbonyl (C=O) groups is 1. The molecule has 0 spiro atoms. The maximum Gasteiger partial charge on any atom is 0.237 e. The number of hydrogen-bond acceptors (Lipinski definition) is 6. The van der Waals surface area contributed by atoms with E-state index in [9.17, 15) is 10.1 Å². The van der Waals surface area contributed by atoms with Crippen molar-refractivity contribution in [3.05, 3.63) is 88.9 Å². The van der Waals surface area contributed by atoms with Crippen LogP contribution in [0.3, 0.4) is 0 Å². The molecular formula is C30H26ClN3O3S. The maximum absolute atomic E-state index is 13.0. The van der Waals surface area contributed by atoms with Gasteiger partial charge in [-0.05, 0) is 55.8 Å². The van der Waals surface area contributed by atoms with Crippen molar-refractivity contribution < 1.29 is 14.3 Å². The first-order valence-electron chi connectivity index (χ1n) is 11.8. The first-order valence-corrected chi connectivity index (χ1v) is 13.1. The van der Waals surface area contributed by atoms with Crippen LogP contribution in [0.4, 0.5) is 5.69 Å². The van der Waals surface area contributed by atoms with Crippen molar-refractivity contribution in [2.75, 3.05) is 19.5 Å². The van der Waals surface area contributed by atoms with Gasteiger partial charge in [-0.15, -0.1) is 0 Å². The fraction of sp³-hybridized carbons (Fsp3) is 0.167. The van der Waals surface area contributed by atoms with E-state index in [1.54, 1.807) is 51.5 Å². The first-order chi connectivity index (χ1) is 18.3. The van der Waals surface area contributed by atoms with Gasteiger partial charge in [-0.25, -0.2) is 4.98 Å². The summed E-state index contributed by atoms with van der Waals surface area (Å²) in [5.41, 5.74) is 5.15. The lowest BCUT2D eigenvalue weighted by molar-refractivity contribution is -0.115. The zero-order valence-electron chi connectivity index (χ0n) is 21.4. The Bertz CT molecular complexity index is 1520. The van der Waals surface area contributed by atoms with Gasteiger partial charge in [0.25, 0.3) is 0 Å². The monoisotopic (exact) mass is 543 g/mol. The molecule has 6 nitrogen and oxygen atoms in total. The number of nitrogens with one attached hydrogen (secondary N) is 1. The predicted octanol–water partition coefficient (Wildman–Crippen LogP) is 7.39. The van der Waals surface area contributed by atoms with Crippen LogP contribution in [0.25, 0.3) is 22.4 Å². The highest BCUT2D eigenvalue weighted by molar-refractivity contribution is 8.00. The number of rotatable bonds is 8. The van der Waals surface area contributed by atoms with Crippen molar-refractivity contribution in [3.8, 4) is 40.0 Å². The van der Waals surface area contributed by atoms with Gasteiger partial charge in [0.15, 0.2) is 11.5 Å². The summed E-state index contributed by atoms with van der Waals surface area (Å²) in [5.74, 6) is 0.908. The van der Waals surface area contributed by atoms with Crippen LogP contribution in [0, 0.1) is 18.3 Å². The number of anilines is 1. The highest BCUT2D eigenvalue weighted by Crippen LogP contribution is 2.39. The number of nitriles is 1. The quantitative estimate of drug-likeness (QED) is 0.233. The summed E-state index contributed by atoms with van der Waals surface area (Å²) >= 11 is 7.29. The van der Waals surface area contributed by atoms with Gasteiger partial charge >= 0.3 is 0 Å². The second kappa shape index (κ2) is 12.0. The van der Waals surface area contributed by atoms with Crippen molar-refractivity contribution in [1.82, 2.24) is 4.98 Å². The molecule has 0 aliphatic carbocycles. The number of nitrogens with zero attached hydrogens (tertiary/aromatic N) is 2. The van der Waals surface area contributed by atoms with E-state index >= 15 is 0 Å². The molecule has 0 aliphatic rings. The summed E-state index contributed by atoms with van der Waals surface area (Å²) in [6, 6.07) is 24.7. The SMILES string of the molecule is COc1ccc(-c2cc(-c3ccc(C)cc3)nc(S[C@H](C)C(=O)Nc3cccc(Cl)c3)c2C#N)cc1OC. The second-order valence-electron chi connectivity index (χ2n) is 8.54. The minimum Gasteiger partial charge on any atom is -0.493 e. The summed E-state index contributed by atoms with van der Waals surface area (Å²) in [5, 5.41) is 13.6. The summed E-state index contributed by atoms with van der Waals surface area (Å²) in [6.07, 6.45) is 0. The van der Waals surface area contributed by atoms with Gasteiger partial charge in [0.1, 0.15) is 11.1 Å². The van der Waals surface area contributed by atoms with Crippen molar-refractivity contribution in [3.63, 3.8) is 0 Å². The number of ether oxygens (including phenoxy) is 2. The lowest BCUT2D eigenvalue weighted by atomic mass is 9.98. The van der Waals surface area contributed by atoms with Gasteiger partial charge in [-0.3, -0.25) is 4.79 Å². The molecule has 0 aliphatic heterocycles. The largest absolute Gasteiger partial charge is 0.493 e. The first kappa shape index (κ1) is 27.1. The number of carbonyl (C=O) groups excluding carboxylic acids is 1. The lowest BCUT2D eigenvalue weighted by Gasteiger charge is -2.17. The molecule has 1 N–H and O–H groups in total. The average molecular weight is 544 g/mol. The Hall–Kier alpha value is -3.99. The third kappa shape index (κ3) is 6.10. The fourth-order valence-electron chi connectivity index (χ4n) is 3.85. The molecule has 0 saturated heterocycles. The van der Waals surface area contributed by atoms with Crippen molar-refractivity contribution in [2.45, 2.75) is 24.1 Å². The van der Waals surface area contributed by atoms with E-state index in [0.717, 1.165) is 16.7 Å². The number of hydrogen-bond donors (Lipinski definition) is 1. The minimum atomic E-state index is -0.542. The summed E-state index contributed by atoms with van der Waals surface area (Å²) in [4.78, 5) is 17.8. The molecule has 1 amide bonds. The zero-order valence-corrected chi connectivity index (χ0v) is 23.0. The predicted molar refractivity (Wildman–Crippen MR) is 153 cm³/mol. The maximum atomic E-state index is 13.0. The van der Waals surface area contributed by atoms with Gasteiger partial charge in [0.2, 0.25) is 5.91 Å². The van der Waals surface area contributed by atoms with Crippen LogP contribution in [-0.2, 0) is 4.79 Å². The number of thioether (sulfide) groups is 1. The van der Waals surface area contributed by atoms with Gasteiger partial charge in [0, 0.05) is 21.8 Å². The molecule has 8 heteroatoms. The molecular weight excluding hydrogens is 518 g/mol. The van der Waals surface area contributed by atoms with E-state index < -0.39 is 5.25 Å². The number of halogens is 1. The Balaban J connectivity index is 1.78. The Morgan fingerprint density at radius 3 is 2.37 bits per heavy atom. The van der Waals surface area contributed by atoms with Crippen LogP contribution in [0.2, 0.25) is 5.02 Å². The van der Waals surface area contributed by atoms with Crippen LogP contribution in [0.5, 0.6) is 11.5 Å². The molecule has 3 aromatic carbocycles. The molecule has 4 aromatic rings. The molecule has 0 saturated carbocycles. The normalized spacial score (nSPS) is 11.4. The fourth-order valence-corrected chi connectivity index (χ4v) is 4.97. The molecule has 0 radical (unpaired) electrons. The third-order valence-corrected chi connectivity index (χ3v) is 7.21. The standard InChI is InChI=1S/C30H26ClN3O3S/c1-18-8-10-20(11-9-18)26-16-24(21-12-13-27(36-3)28(14-21)37-4)25(17-32)30(34-26)38-19(2)29(35)33-23-7-5-6-22(31)15-23/h5-16,19H,1-4H3,(H,33,35)/t19-/m1/s1. The van der Waals surface area contributed by atoms with E-state index in [0.29, 0.717) is 44.1 Å². The number of benzene rings is 3. The van der Waals surface area contributed by atoms with Crippen LogP contribution in [-0.4, -0.2) is 30.4 Å². The molecule has 4 rings (SSSR count).